The van der Waals surface area contributed by atoms with Crippen molar-refractivity contribution in [2.75, 3.05) is 11.9 Å². The van der Waals surface area contributed by atoms with Crippen LogP contribution < -0.4 is 10.6 Å². The Labute approximate surface area is 108 Å². The van der Waals surface area contributed by atoms with Gasteiger partial charge in [-0.1, -0.05) is 17.7 Å². The van der Waals surface area contributed by atoms with Gasteiger partial charge in [-0.15, -0.1) is 0 Å². The molecule has 0 bridgehead atoms. The van der Waals surface area contributed by atoms with Crippen LogP contribution in [0.2, 0.25) is 5.02 Å². The fraction of sp³-hybridized carbons (Fsp3) is 0.364. The van der Waals surface area contributed by atoms with Crippen LogP contribution in [-0.4, -0.2) is 23.4 Å². The number of halogens is 1. The molecular weight excluding hydrogens is 258 g/mol. The minimum Gasteiger partial charge on any atom is -0.376 e. The lowest BCUT2D eigenvalue weighted by Crippen LogP contribution is -2.32. The minimum atomic E-state index is -0.485. The monoisotopic (exact) mass is 269 g/mol. The van der Waals surface area contributed by atoms with Gasteiger partial charge in [-0.3, -0.25) is 14.9 Å². The Morgan fingerprint density at radius 1 is 1.56 bits per heavy atom. The molecule has 2 rings (SSSR count). The van der Waals surface area contributed by atoms with E-state index in [1.54, 1.807) is 6.07 Å². The first-order valence-corrected chi connectivity index (χ1v) is 5.92. The highest BCUT2D eigenvalue weighted by Gasteiger charge is 2.22. The lowest BCUT2D eigenvalue weighted by Gasteiger charge is -2.13. The Morgan fingerprint density at radius 3 is 2.94 bits per heavy atom. The SMILES string of the molecule is O=C1CCC(CNc2c(Cl)cccc2[N+](=O)[O-])N1. The zero-order valence-electron chi connectivity index (χ0n) is 9.48. The molecule has 6 nitrogen and oxygen atoms in total. The molecule has 18 heavy (non-hydrogen) atoms. The van der Waals surface area contributed by atoms with E-state index in [9.17, 15) is 14.9 Å². The molecule has 0 radical (unpaired) electrons. The zero-order valence-corrected chi connectivity index (χ0v) is 10.2. The summed E-state index contributed by atoms with van der Waals surface area (Å²) in [6, 6.07) is 4.50. The molecule has 1 aromatic rings. The Hall–Kier alpha value is -1.82. The molecule has 2 N–H and O–H groups in total. The second-order valence-corrected chi connectivity index (χ2v) is 4.48. The van der Waals surface area contributed by atoms with Crippen molar-refractivity contribution in [2.24, 2.45) is 0 Å². The van der Waals surface area contributed by atoms with Gasteiger partial charge in [-0.05, 0) is 12.5 Å². The van der Waals surface area contributed by atoms with Crippen molar-refractivity contribution < 1.29 is 9.72 Å². The highest BCUT2D eigenvalue weighted by molar-refractivity contribution is 6.33. The number of amides is 1. The summed E-state index contributed by atoms with van der Waals surface area (Å²) in [7, 11) is 0. The predicted octanol–water partition coefficient (Wildman–Crippen LogP) is 1.94. The number of carbonyl (C=O) groups excluding carboxylic acids is 1. The lowest BCUT2D eigenvalue weighted by atomic mass is 10.2. The van der Waals surface area contributed by atoms with Gasteiger partial charge in [0, 0.05) is 25.1 Å². The number of nitrogens with one attached hydrogen (secondary N) is 2. The van der Waals surface area contributed by atoms with Crippen molar-refractivity contribution in [3.8, 4) is 0 Å². The van der Waals surface area contributed by atoms with Crippen molar-refractivity contribution in [3.63, 3.8) is 0 Å². The Morgan fingerprint density at radius 2 is 2.33 bits per heavy atom. The summed E-state index contributed by atoms with van der Waals surface area (Å²) in [4.78, 5) is 21.4. The number of rotatable bonds is 4. The van der Waals surface area contributed by atoms with Crippen LogP contribution in [0.15, 0.2) is 18.2 Å². The first-order chi connectivity index (χ1) is 8.58. The molecule has 1 atom stereocenters. The van der Waals surface area contributed by atoms with Gasteiger partial charge in [-0.25, -0.2) is 0 Å². The number of anilines is 1. The van der Waals surface area contributed by atoms with Gasteiger partial charge >= 0.3 is 0 Å². The van der Waals surface area contributed by atoms with E-state index in [1.165, 1.54) is 12.1 Å². The number of para-hydroxylation sites is 1. The Bertz CT molecular complexity index is 492. The fourth-order valence-corrected chi connectivity index (χ4v) is 2.13. The van der Waals surface area contributed by atoms with Crippen molar-refractivity contribution in [2.45, 2.75) is 18.9 Å². The summed E-state index contributed by atoms with van der Waals surface area (Å²) in [6.45, 7) is 0.427. The van der Waals surface area contributed by atoms with E-state index in [1.807, 2.05) is 0 Å². The number of nitro benzene ring substituents is 1. The van der Waals surface area contributed by atoms with Gasteiger partial charge in [0.15, 0.2) is 0 Å². The third-order valence-electron chi connectivity index (χ3n) is 2.80. The zero-order chi connectivity index (χ0) is 13.1. The van der Waals surface area contributed by atoms with Gasteiger partial charge in [0.25, 0.3) is 5.69 Å². The van der Waals surface area contributed by atoms with Gasteiger partial charge in [0.1, 0.15) is 5.69 Å². The molecule has 7 heteroatoms. The number of carbonyl (C=O) groups is 1. The largest absolute Gasteiger partial charge is 0.376 e. The molecule has 1 saturated heterocycles. The molecule has 0 saturated carbocycles. The summed E-state index contributed by atoms with van der Waals surface area (Å²) in [6.07, 6.45) is 1.22. The molecule has 1 amide bonds. The quantitative estimate of drug-likeness (QED) is 0.646. The van der Waals surface area contributed by atoms with Gasteiger partial charge in [0.05, 0.1) is 9.95 Å². The maximum Gasteiger partial charge on any atom is 0.293 e. The van der Waals surface area contributed by atoms with E-state index in [0.29, 0.717) is 23.7 Å². The van der Waals surface area contributed by atoms with E-state index < -0.39 is 4.92 Å². The summed E-state index contributed by atoms with van der Waals surface area (Å²) in [5, 5.41) is 16.9. The van der Waals surface area contributed by atoms with E-state index in [2.05, 4.69) is 10.6 Å². The molecule has 1 fully saturated rings. The Kier molecular flexibility index (Phi) is 3.66. The molecule has 1 heterocycles. The number of benzene rings is 1. The second-order valence-electron chi connectivity index (χ2n) is 4.08. The molecule has 1 unspecified atom stereocenters. The number of hydrogen-bond acceptors (Lipinski definition) is 4. The molecule has 1 aromatic carbocycles. The number of nitrogens with zero attached hydrogens (tertiary/aromatic N) is 1. The Balaban J connectivity index is 2.08. The molecule has 0 aromatic heterocycles. The van der Waals surface area contributed by atoms with Crippen LogP contribution >= 0.6 is 11.6 Å². The third-order valence-corrected chi connectivity index (χ3v) is 3.11. The standard InChI is InChI=1S/C11H12ClN3O3/c12-8-2-1-3-9(15(17)18)11(8)13-6-7-4-5-10(16)14-7/h1-3,7,13H,4-6H2,(H,14,16). The van der Waals surface area contributed by atoms with Gasteiger partial charge in [0.2, 0.25) is 5.91 Å². The predicted molar refractivity (Wildman–Crippen MR) is 67.8 cm³/mol. The first-order valence-electron chi connectivity index (χ1n) is 5.54. The van der Waals surface area contributed by atoms with Crippen LogP contribution in [0.5, 0.6) is 0 Å². The average molecular weight is 270 g/mol. The van der Waals surface area contributed by atoms with E-state index >= 15 is 0 Å². The molecular formula is C11H12ClN3O3. The fourth-order valence-electron chi connectivity index (χ4n) is 1.90. The van der Waals surface area contributed by atoms with Crippen LogP contribution in [0.25, 0.3) is 0 Å². The first kappa shape index (κ1) is 12.6. The van der Waals surface area contributed by atoms with E-state index in [-0.39, 0.29) is 17.6 Å². The maximum absolute atomic E-state index is 11.0. The smallest absolute Gasteiger partial charge is 0.293 e. The summed E-state index contributed by atoms with van der Waals surface area (Å²) in [5.74, 6) is 0.00968. The van der Waals surface area contributed by atoms with Crippen molar-refractivity contribution in [1.82, 2.24) is 5.32 Å². The normalized spacial score (nSPS) is 18.5. The summed E-state index contributed by atoms with van der Waals surface area (Å²) >= 11 is 5.93. The molecule has 1 aliphatic rings. The number of hydrogen-bond donors (Lipinski definition) is 2. The molecule has 1 aliphatic heterocycles. The summed E-state index contributed by atoms with van der Waals surface area (Å²) < 4.78 is 0. The van der Waals surface area contributed by atoms with Crippen molar-refractivity contribution >= 4 is 28.9 Å². The van der Waals surface area contributed by atoms with Crippen molar-refractivity contribution in [1.29, 1.82) is 0 Å². The van der Waals surface area contributed by atoms with E-state index in [0.717, 1.165) is 6.42 Å². The van der Waals surface area contributed by atoms with Crippen LogP contribution in [-0.2, 0) is 4.79 Å². The third kappa shape index (κ3) is 2.70. The van der Waals surface area contributed by atoms with Gasteiger partial charge < -0.3 is 10.6 Å². The van der Waals surface area contributed by atoms with Crippen molar-refractivity contribution in [3.05, 3.63) is 33.3 Å². The maximum atomic E-state index is 11.0. The lowest BCUT2D eigenvalue weighted by molar-refractivity contribution is -0.383. The topological polar surface area (TPSA) is 84.3 Å². The van der Waals surface area contributed by atoms with E-state index in [4.69, 9.17) is 11.6 Å². The van der Waals surface area contributed by atoms with Crippen LogP contribution in [0.3, 0.4) is 0 Å². The highest BCUT2D eigenvalue weighted by Crippen LogP contribution is 2.31. The summed E-state index contributed by atoms with van der Waals surface area (Å²) in [5.41, 5.74) is 0.233. The molecule has 0 aliphatic carbocycles. The molecule has 0 spiro atoms. The van der Waals surface area contributed by atoms with Crippen LogP contribution in [0.1, 0.15) is 12.8 Å². The average Bonchev–Trinajstić information content (AvgIpc) is 2.73. The highest BCUT2D eigenvalue weighted by atomic mass is 35.5. The second kappa shape index (κ2) is 5.22. The van der Waals surface area contributed by atoms with Crippen LogP contribution in [0.4, 0.5) is 11.4 Å². The van der Waals surface area contributed by atoms with Crippen LogP contribution in [0, 0.1) is 10.1 Å². The molecule has 96 valence electrons. The van der Waals surface area contributed by atoms with Gasteiger partial charge in [-0.2, -0.15) is 0 Å². The number of nitro groups is 1. The minimum absolute atomic E-state index is 0.00613.